The number of rotatable bonds is 2. The Morgan fingerprint density at radius 3 is 2.73 bits per heavy atom. The fraction of sp³-hybridized carbons (Fsp3) is 0.333. The maximum absolute atomic E-state index is 5.31. The van der Waals surface area contributed by atoms with Crippen molar-refractivity contribution in [1.29, 1.82) is 0 Å². The zero-order valence-electron chi connectivity index (χ0n) is 6.48. The van der Waals surface area contributed by atoms with Gasteiger partial charge in [0.05, 0.1) is 12.4 Å². The van der Waals surface area contributed by atoms with E-state index in [1.807, 2.05) is 19.0 Å². The lowest BCUT2D eigenvalue weighted by molar-refractivity contribution is 0.977. The van der Waals surface area contributed by atoms with Crippen LogP contribution in [0.4, 0.5) is 5.82 Å². The molecular weight excluding hydrogens is 160 g/mol. The minimum Gasteiger partial charge on any atom is -0.361 e. The largest absolute Gasteiger partial charge is 0.361 e. The third kappa shape index (κ3) is 2.06. The molecule has 11 heavy (non-hydrogen) atoms. The molecule has 0 radical (unpaired) electrons. The van der Waals surface area contributed by atoms with Crippen LogP contribution in [0, 0.1) is 0 Å². The maximum Gasteiger partial charge on any atom is 0.147 e. The first-order valence-electron chi connectivity index (χ1n) is 3.10. The van der Waals surface area contributed by atoms with Crippen LogP contribution in [0.25, 0.3) is 0 Å². The summed E-state index contributed by atoms with van der Waals surface area (Å²) in [6.45, 7) is 0. The van der Waals surface area contributed by atoms with Crippen LogP contribution in [0.2, 0.25) is 0 Å². The minimum absolute atomic E-state index is 0.733. The number of nitrogens with two attached hydrogens (primary N) is 1. The standard InChI is InChI=1S/C6H10N4S/c1-10(2)5-3-8-4-6(9-5)11-7/h3-4H,7H2,1-2H3. The molecule has 2 N–H and O–H groups in total. The smallest absolute Gasteiger partial charge is 0.147 e. The first kappa shape index (κ1) is 8.29. The summed E-state index contributed by atoms with van der Waals surface area (Å²) in [4.78, 5) is 10.0. The molecular formula is C6H10N4S. The number of nitrogens with zero attached hydrogens (tertiary/aromatic N) is 3. The third-order valence-corrected chi connectivity index (χ3v) is 1.62. The topological polar surface area (TPSA) is 55.0 Å². The average Bonchev–Trinajstić information content (AvgIpc) is 2.05. The van der Waals surface area contributed by atoms with Crippen LogP contribution in [0.15, 0.2) is 17.4 Å². The van der Waals surface area contributed by atoms with Gasteiger partial charge in [0.15, 0.2) is 0 Å². The monoisotopic (exact) mass is 170 g/mol. The molecule has 0 spiro atoms. The summed E-state index contributed by atoms with van der Waals surface area (Å²) in [7, 11) is 3.82. The molecule has 1 rings (SSSR count). The fourth-order valence-electron chi connectivity index (χ4n) is 0.611. The highest BCUT2D eigenvalue weighted by Gasteiger charge is 1.98. The van der Waals surface area contributed by atoms with Gasteiger partial charge in [0, 0.05) is 14.1 Å². The Morgan fingerprint density at radius 1 is 1.45 bits per heavy atom. The molecule has 0 saturated carbocycles. The lowest BCUT2D eigenvalue weighted by Gasteiger charge is -2.09. The Labute approximate surface area is 70.0 Å². The lowest BCUT2D eigenvalue weighted by Crippen LogP contribution is -2.11. The fourth-order valence-corrected chi connectivity index (χ4v) is 0.879. The summed E-state index contributed by atoms with van der Waals surface area (Å²) in [6.07, 6.45) is 3.33. The van der Waals surface area contributed by atoms with Crippen molar-refractivity contribution in [3.05, 3.63) is 12.4 Å². The summed E-state index contributed by atoms with van der Waals surface area (Å²) in [5, 5.41) is 6.05. The highest BCUT2D eigenvalue weighted by atomic mass is 32.2. The van der Waals surface area contributed by atoms with Crippen molar-refractivity contribution in [3.63, 3.8) is 0 Å². The predicted molar refractivity (Wildman–Crippen MR) is 46.4 cm³/mol. The molecule has 4 nitrogen and oxygen atoms in total. The van der Waals surface area contributed by atoms with Crippen molar-refractivity contribution in [2.75, 3.05) is 19.0 Å². The van der Waals surface area contributed by atoms with Crippen molar-refractivity contribution >= 4 is 17.8 Å². The van der Waals surface area contributed by atoms with E-state index in [4.69, 9.17) is 5.14 Å². The normalized spacial score (nSPS) is 9.73. The summed E-state index contributed by atoms with van der Waals surface area (Å²) in [6, 6.07) is 0. The van der Waals surface area contributed by atoms with Crippen LogP contribution in [-0.4, -0.2) is 24.1 Å². The molecule has 1 aromatic heterocycles. The first-order valence-corrected chi connectivity index (χ1v) is 3.98. The lowest BCUT2D eigenvalue weighted by atomic mass is 10.6. The van der Waals surface area contributed by atoms with Crippen molar-refractivity contribution in [3.8, 4) is 0 Å². The van der Waals surface area contributed by atoms with Gasteiger partial charge in [0.2, 0.25) is 0 Å². The van der Waals surface area contributed by atoms with E-state index in [-0.39, 0.29) is 0 Å². The van der Waals surface area contributed by atoms with Crippen LogP contribution in [0.1, 0.15) is 0 Å². The second-order valence-corrected chi connectivity index (χ2v) is 2.88. The molecule has 0 aliphatic carbocycles. The molecule has 0 amide bonds. The van der Waals surface area contributed by atoms with E-state index in [1.165, 1.54) is 0 Å². The van der Waals surface area contributed by atoms with Gasteiger partial charge in [-0.1, -0.05) is 0 Å². The molecule has 0 aromatic carbocycles. The molecule has 0 aliphatic rings. The Morgan fingerprint density at radius 2 is 2.18 bits per heavy atom. The van der Waals surface area contributed by atoms with Gasteiger partial charge in [-0.05, 0) is 11.9 Å². The highest BCUT2D eigenvalue weighted by Crippen LogP contribution is 2.10. The van der Waals surface area contributed by atoms with E-state index in [0.29, 0.717) is 0 Å². The van der Waals surface area contributed by atoms with E-state index in [1.54, 1.807) is 12.4 Å². The SMILES string of the molecule is CN(C)c1cncc(SN)n1. The summed E-state index contributed by atoms with van der Waals surface area (Å²) in [5.74, 6) is 0.820. The van der Waals surface area contributed by atoms with Crippen molar-refractivity contribution in [2.24, 2.45) is 5.14 Å². The van der Waals surface area contributed by atoms with E-state index >= 15 is 0 Å². The van der Waals surface area contributed by atoms with Crippen molar-refractivity contribution in [2.45, 2.75) is 5.03 Å². The number of anilines is 1. The van der Waals surface area contributed by atoms with Crippen molar-refractivity contribution in [1.82, 2.24) is 9.97 Å². The molecule has 0 saturated heterocycles. The van der Waals surface area contributed by atoms with Gasteiger partial charge in [0.1, 0.15) is 10.8 Å². The molecule has 1 aromatic rings. The molecule has 1 heterocycles. The van der Waals surface area contributed by atoms with Crippen LogP contribution in [0.5, 0.6) is 0 Å². The Bertz CT molecular complexity index is 238. The van der Waals surface area contributed by atoms with Crippen LogP contribution >= 0.6 is 11.9 Å². The van der Waals surface area contributed by atoms with Crippen LogP contribution in [-0.2, 0) is 0 Å². The predicted octanol–water partition coefficient (Wildman–Crippen LogP) is 0.508. The van der Waals surface area contributed by atoms with Crippen LogP contribution in [0.3, 0.4) is 0 Å². The average molecular weight is 170 g/mol. The molecule has 0 atom stereocenters. The molecule has 60 valence electrons. The highest BCUT2D eigenvalue weighted by molar-refractivity contribution is 7.97. The second kappa shape index (κ2) is 3.54. The Balaban J connectivity index is 2.91. The van der Waals surface area contributed by atoms with Crippen molar-refractivity contribution < 1.29 is 0 Å². The summed E-state index contributed by atoms with van der Waals surface area (Å²) >= 11 is 1.10. The van der Waals surface area contributed by atoms with Gasteiger partial charge < -0.3 is 4.90 Å². The third-order valence-electron chi connectivity index (χ3n) is 1.18. The maximum atomic E-state index is 5.31. The summed E-state index contributed by atoms with van der Waals surface area (Å²) < 4.78 is 0. The van der Waals surface area contributed by atoms with E-state index in [2.05, 4.69) is 9.97 Å². The van der Waals surface area contributed by atoms with E-state index in [0.717, 1.165) is 22.8 Å². The zero-order chi connectivity index (χ0) is 8.27. The van der Waals surface area contributed by atoms with Gasteiger partial charge in [-0.2, -0.15) is 0 Å². The van der Waals surface area contributed by atoms with Gasteiger partial charge in [-0.3, -0.25) is 10.1 Å². The minimum atomic E-state index is 0.733. The van der Waals surface area contributed by atoms with E-state index < -0.39 is 0 Å². The number of hydrogen-bond acceptors (Lipinski definition) is 5. The zero-order valence-corrected chi connectivity index (χ0v) is 7.30. The number of hydrogen-bond donors (Lipinski definition) is 1. The Kier molecular flexibility index (Phi) is 2.67. The molecule has 5 heteroatoms. The van der Waals surface area contributed by atoms with Crippen LogP contribution < -0.4 is 10.0 Å². The van der Waals surface area contributed by atoms with Gasteiger partial charge in [-0.25, -0.2) is 4.98 Å². The molecule has 0 bridgehead atoms. The molecule has 0 unspecified atom stereocenters. The quantitative estimate of drug-likeness (QED) is 0.655. The first-order chi connectivity index (χ1) is 5.24. The second-order valence-electron chi connectivity index (χ2n) is 2.23. The van der Waals surface area contributed by atoms with E-state index in [9.17, 15) is 0 Å². The van der Waals surface area contributed by atoms with Gasteiger partial charge in [0.25, 0.3) is 0 Å². The van der Waals surface area contributed by atoms with Gasteiger partial charge >= 0.3 is 0 Å². The molecule has 0 fully saturated rings. The Hall–Kier alpha value is -0.810. The van der Waals surface area contributed by atoms with Gasteiger partial charge in [-0.15, -0.1) is 0 Å². The number of aromatic nitrogens is 2. The molecule has 0 aliphatic heterocycles. The summed E-state index contributed by atoms with van der Waals surface area (Å²) in [5.41, 5.74) is 0.